The van der Waals surface area contributed by atoms with E-state index in [4.69, 9.17) is 5.73 Å². The fourth-order valence-electron chi connectivity index (χ4n) is 3.56. The van der Waals surface area contributed by atoms with Crippen molar-refractivity contribution >= 4 is 27.1 Å². The van der Waals surface area contributed by atoms with Crippen molar-refractivity contribution in [3.8, 4) is 0 Å². The number of hydrogen-bond donors (Lipinski definition) is 1. The van der Waals surface area contributed by atoms with Crippen LogP contribution in [-0.2, 0) is 14.6 Å². The molecule has 1 fully saturated rings. The summed E-state index contributed by atoms with van der Waals surface area (Å²) in [6.45, 7) is 1.84. The number of carbonyl (C=O) groups excluding carboxylic acids is 1. The number of nitrogens with zero attached hydrogens (tertiary/aromatic N) is 3. The Kier molecular flexibility index (Phi) is 5.85. The summed E-state index contributed by atoms with van der Waals surface area (Å²) in [5, 5.41) is 11.5. The van der Waals surface area contributed by atoms with E-state index < -0.39 is 26.7 Å². The molecular formula is C19H22N4O5S. The average Bonchev–Trinajstić information content (AvgIpc) is 2.68. The van der Waals surface area contributed by atoms with Gasteiger partial charge in [0.05, 0.1) is 9.82 Å². The van der Waals surface area contributed by atoms with Crippen molar-refractivity contribution in [3.63, 3.8) is 0 Å². The topological polar surface area (TPSA) is 127 Å². The molecule has 3 rings (SSSR count). The fraction of sp³-hybridized carbons (Fsp3) is 0.316. The van der Waals surface area contributed by atoms with Crippen molar-refractivity contribution < 1.29 is 18.1 Å². The highest BCUT2D eigenvalue weighted by Gasteiger charge is 2.31. The molecule has 0 saturated carbocycles. The van der Waals surface area contributed by atoms with Crippen LogP contribution in [0.3, 0.4) is 0 Å². The summed E-state index contributed by atoms with van der Waals surface area (Å²) in [4.78, 5) is 26.7. The van der Waals surface area contributed by atoms with E-state index >= 15 is 0 Å². The lowest BCUT2D eigenvalue weighted by atomic mass is 10.0. The Hall–Kier alpha value is -2.98. The first-order valence-corrected chi connectivity index (χ1v) is 10.9. The van der Waals surface area contributed by atoms with Gasteiger partial charge >= 0.3 is 0 Å². The van der Waals surface area contributed by atoms with E-state index in [9.17, 15) is 23.3 Å². The maximum Gasteiger partial charge on any atom is 0.293 e. The number of rotatable bonds is 6. The fourth-order valence-corrected chi connectivity index (χ4v) is 4.20. The molecule has 1 aliphatic heterocycles. The van der Waals surface area contributed by atoms with Crippen molar-refractivity contribution in [1.82, 2.24) is 4.90 Å². The van der Waals surface area contributed by atoms with Gasteiger partial charge in [0, 0.05) is 38.5 Å². The standard InChI is InChI=1S/C19H22N4O5S/c1-29(27,28)15-7-8-16(17(13-15)23(25)26)21-9-11-22(12-10-21)18(19(20)24)14-5-3-2-4-6-14/h2-8,13,18H,9-12H2,1H3,(H2,20,24). The summed E-state index contributed by atoms with van der Waals surface area (Å²) < 4.78 is 23.5. The first-order valence-electron chi connectivity index (χ1n) is 9.00. The summed E-state index contributed by atoms with van der Waals surface area (Å²) in [6.07, 6.45) is 1.01. The van der Waals surface area contributed by atoms with Crippen LogP contribution < -0.4 is 10.6 Å². The molecular weight excluding hydrogens is 396 g/mol. The second kappa shape index (κ2) is 8.18. The van der Waals surface area contributed by atoms with E-state index in [0.717, 1.165) is 17.9 Å². The normalized spacial score (nSPS) is 16.4. The second-order valence-electron chi connectivity index (χ2n) is 6.92. The molecule has 29 heavy (non-hydrogen) atoms. The maximum absolute atomic E-state index is 12.0. The third kappa shape index (κ3) is 4.54. The van der Waals surface area contributed by atoms with Gasteiger partial charge in [-0.1, -0.05) is 30.3 Å². The first kappa shape index (κ1) is 20.7. The number of nitro groups is 1. The second-order valence-corrected chi connectivity index (χ2v) is 8.93. The smallest absolute Gasteiger partial charge is 0.293 e. The van der Waals surface area contributed by atoms with Gasteiger partial charge in [0.15, 0.2) is 9.84 Å². The molecule has 1 atom stereocenters. The van der Waals surface area contributed by atoms with Gasteiger partial charge in [-0.3, -0.25) is 19.8 Å². The third-order valence-electron chi connectivity index (χ3n) is 4.98. The Morgan fingerprint density at radius 3 is 2.24 bits per heavy atom. The molecule has 0 radical (unpaired) electrons. The number of sulfone groups is 1. The van der Waals surface area contributed by atoms with Crippen molar-refractivity contribution in [2.24, 2.45) is 5.73 Å². The van der Waals surface area contributed by atoms with E-state index in [-0.39, 0.29) is 10.6 Å². The van der Waals surface area contributed by atoms with Crippen LogP contribution >= 0.6 is 0 Å². The predicted molar refractivity (Wildman–Crippen MR) is 108 cm³/mol. The van der Waals surface area contributed by atoms with Gasteiger partial charge in [-0.15, -0.1) is 0 Å². The summed E-state index contributed by atoms with van der Waals surface area (Å²) >= 11 is 0. The Morgan fingerprint density at radius 1 is 1.10 bits per heavy atom. The van der Waals surface area contributed by atoms with Crippen LogP contribution in [0.5, 0.6) is 0 Å². The molecule has 1 aliphatic rings. The van der Waals surface area contributed by atoms with Crippen molar-refractivity contribution in [1.29, 1.82) is 0 Å². The molecule has 2 aromatic rings. The number of anilines is 1. The Bertz CT molecular complexity index is 1020. The molecule has 2 N–H and O–H groups in total. The minimum atomic E-state index is -3.55. The van der Waals surface area contributed by atoms with Crippen molar-refractivity contribution in [2.75, 3.05) is 37.3 Å². The minimum Gasteiger partial charge on any atom is -0.368 e. The lowest BCUT2D eigenvalue weighted by molar-refractivity contribution is -0.384. The van der Waals surface area contributed by atoms with Crippen LogP contribution in [0.25, 0.3) is 0 Å². The molecule has 0 aromatic heterocycles. The monoisotopic (exact) mass is 418 g/mol. The van der Waals surface area contributed by atoms with Gasteiger partial charge in [0.1, 0.15) is 11.7 Å². The molecule has 0 spiro atoms. The lowest BCUT2D eigenvalue weighted by Crippen LogP contribution is -2.50. The zero-order chi connectivity index (χ0) is 21.2. The summed E-state index contributed by atoms with van der Waals surface area (Å²) in [6, 6.07) is 12.6. The van der Waals surface area contributed by atoms with Gasteiger partial charge in [-0.2, -0.15) is 0 Å². The average molecular weight is 418 g/mol. The number of amides is 1. The van der Waals surface area contributed by atoms with E-state index in [1.807, 2.05) is 40.1 Å². The number of primary amides is 1. The zero-order valence-electron chi connectivity index (χ0n) is 15.9. The van der Waals surface area contributed by atoms with E-state index in [2.05, 4.69) is 0 Å². The van der Waals surface area contributed by atoms with Crippen LogP contribution in [0.2, 0.25) is 0 Å². The molecule has 10 heteroatoms. The van der Waals surface area contributed by atoms with Crippen LogP contribution in [0.15, 0.2) is 53.4 Å². The van der Waals surface area contributed by atoms with Gasteiger partial charge in [-0.25, -0.2) is 8.42 Å². The third-order valence-corrected chi connectivity index (χ3v) is 6.09. The Labute approximate surface area is 168 Å². The molecule has 1 unspecified atom stereocenters. The maximum atomic E-state index is 12.0. The minimum absolute atomic E-state index is 0.0931. The number of benzene rings is 2. The van der Waals surface area contributed by atoms with Crippen LogP contribution in [0.1, 0.15) is 11.6 Å². The van der Waals surface area contributed by atoms with Gasteiger partial charge < -0.3 is 10.6 Å². The Balaban J connectivity index is 1.82. The Morgan fingerprint density at radius 2 is 1.72 bits per heavy atom. The number of nitrogens with two attached hydrogens (primary N) is 1. The van der Waals surface area contributed by atoms with Crippen LogP contribution in [-0.4, -0.2) is 56.6 Å². The predicted octanol–water partition coefficient (Wildman–Crippen LogP) is 1.35. The molecule has 2 aromatic carbocycles. The molecule has 1 amide bonds. The van der Waals surface area contributed by atoms with Gasteiger partial charge in [0.25, 0.3) is 5.69 Å². The molecule has 0 bridgehead atoms. The van der Waals surface area contributed by atoms with Crippen molar-refractivity contribution in [2.45, 2.75) is 10.9 Å². The summed E-state index contributed by atoms with van der Waals surface area (Å²) in [7, 11) is -3.55. The molecule has 0 aliphatic carbocycles. The first-order chi connectivity index (χ1) is 13.7. The highest BCUT2D eigenvalue weighted by atomic mass is 32.2. The molecule has 1 saturated heterocycles. The number of piperazine rings is 1. The number of nitro benzene ring substituents is 1. The van der Waals surface area contributed by atoms with Crippen LogP contribution in [0.4, 0.5) is 11.4 Å². The number of carbonyl (C=O) groups is 1. The highest BCUT2D eigenvalue weighted by Crippen LogP contribution is 2.32. The summed E-state index contributed by atoms with van der Waals surface area (Å²) in [5.41, 5.74) is 6.53. The largest absolute Gasteiger partial charge is 0.368 e. The van der Waals surface area contributed by atoms with Crippen molar-refractivity contribution in [3.05, 3.63) is 64.2 Å². The highest BCUT2D eigenvalue weighted by molar-refractivity contribution is 7.90. The van der Waals surface area contributed by atoms with Gasteiger partial charge in [-0.05, 0) is 17.7 Å². The SMILES string of the molecule is CS(=O)(=O)c1ccc(N2CCN(C(C(N)=O)c3ccccc3)CC2)c([N+](=O)[O-])c1. The van der Waals surface area contributed by atoms with E-state index in [1.165, 1.54) is 12.1 Å². The lowest BCUT2D eigenvalue weighted by Gasteiger charge is -2.39. The summed E-state index contributed by atoms with van der Waals surface area (Å²) in [5.74, 6) is -0.451. The molecule has 9 nitrogen and oxygen atoms in total. The zero-order valence-corrected chi connectivity index (χ0v) is 16.7. The van der Waals surface area contributed by atoms with E-state index in [1.54, 1.807) is 0 Å². The van der Waals surface area contributed by atoms with E-state index in [0.29, 0.717) is 31.9 Å². The van der Waals surface area contributed by atoms with Gasteiger partial charge in [0.2, 0.25) is 5.91 Å². The number of hydrogen-bond acceptors (Lipinski definition) is 7. The molecule has 1 heterocycles. The quantitative estimate of drug-likeness (QED) is 0.554. The van der Waals surface area contributed by atoms with Crippen LogP contribution in [0, 0.1) is 10.1 Å². The molecule has 154 valence electrons.